The summed E-state index contributed by atoms with van der Waals surface area (Å²) in [4.78, 5) is 4.62. The summed E-state index contributed by atoms with van der Waals surface area (Å²) in [6, 6.07) is 12.2. The topological polar surface area (TPSA) is 38.1 Å². The third-order valence-corrected chi connectivity index (χ3v) is 4.41. The summed E-state index contributed by atoms with van der Waals surface area (Å²) in [5.41, 5.74) is 1.03. The minimum atomic E-state index is 0.729. The van der Waals surface area contributed by atoms with E-state index in [0.717, 1.165) is 41.1 Å². The van der Waals surface area contributed by atoms with Gasteiger partial charge < -0.3 is 9.73 Å². The minimum Gasteiger partial charge on any atom is -0.457 e. The third kappa shape index (κ3) is 3.52. The van der Waals surface area contributed by atoms with Crippen molar-refractivity contribution < 1.29 is 4.42 Å². The number of aromatic nitrogens is 1. The largest absolute Gasteiger partial charge is 0.457 e. The van der Waals surface area contributed by atoms with Gasteiger partial charge in [-0.25, -0.2) is 4.98 Å². The molecule has 0 unspecified atom stereocenters. The Kier molecular flexibility index (Phi) is 4.36. The number of furan rings is 1. The van der Waals surface area contributed by atoms with E-state index < -0.39 is 0 Å². The van der Waals surface area contributed by atoms with Crippen molar-refractivity contribution in [2.45, 2.75) is 26.8 Å². The van der Waals surface area contributed by atoms with Gasteiger partial charge in [-0.05, 0) is 43.1 Å². The van der Waals surface area contributed by atoms with Gasteiger partial charge in [-0.2, -0.15) is 0 Å². The number of fused-ring (bicyclic) bond motifs is 1. The minimum absolute atomic E-state index is 0.729. The number of rotatable bonds is 6. The first-order valence-electron chi connectivity index (χ1n) is 7.38. The molecule has 1 N–H and O–H groups in total. The molecule has 0 aliphatic rings. The molecule has 4 heteroatoms. The van der Waals surface area contributed by atoms with E-state index in [4.69, 9.17) is 4.42 Å². The first-order valence-corrected chi connectivity index (χ1v) is 8.19. The van der Waals surface area contributed by atoms with Crippen LogP contribution in [0.25, 0.3) is 21.0 Å². The first kappa shape index (κ1) is 14.3. The molecule has 0 amide bonds. The predicted octanol–water partition coefficient (Wildman–Crippen LogP) is 4.69. The molecule has 0 spiro atoms. The van der Waals surface area contributed by atoms with Gasteiger partial charge in [0, 0.05) is 0 Å². The second-order valence-electron chi connectivity index (χ2n) is 5.61. The van der Waals surface area contributed by atoms with Crippen molar-refractivity contribution >= 4 is 21.6 Å². The Bertz CT molecular complexity index is 681. The fourth-order valence-corrected chi connectivity index (χ4v) is 3.10. The summed E-state index contributed by atoms with van der Waals surface area (Å²) in [6.07, 6.45) is 1.19. The molecule has 0 fully saturated rings. The van der Waals surface area contributed by atoms with Crippen LogP contribution in [0.2, 0.25) is 0 Å². The lowest BCUT2D eigenvalue weighted by Crippen LogP contribution is -2.15. The van der Waals surface area contributed by atoms with Gasteiger partial charge in [0.05, 0.1) is 16.8 Å². The molecule has 2 heterocycles. The van der Waals surface area contributed by atoms with E-state index in [9.17, 15) is 0 Å². The summed E-state index contributed by atoms with van der Waals surface area (Å²) in [6.45, 7) is 6.27. The predicted molar refractivity (Wildman–Crippen MR) is 88.5 cm³/mol. The number of hydrogen-bond donors (Lipinski definition) is 1. The van der Waals surface area contributed by atoms with Crippen molar-refractivity contribution in [2.24, 2.45) is 5.92 Å². The summed E-state index contributed by atoms with van der Waals surface area (Å²) in [7, 11) is 0. The molecule has 2 aromatic heterocycles. The molecular weight excluding hydrogens is 280 g/mol. The Hall–Kier alpha value is -1.65. The molecule has 0 radical (unpaired) electrons. The van der Waals surface area contributed by atoms with Gasteiger partial charge in [0.15, 0.2) is 10.8 Å². The summed E-state index contributed by atoms with van der Waals surface area (Å²) in [5.74, 6) is 2.55. The van der Waals surface area contributed by atoms with E-state index in [-0.39, 0.29) is 0 Å². The van der Waals surface area contributed by atoms with Crippen LogP contribution in [0, 0.1) is 5.92 Å². The molecule has 0 aliphatic heterocycles. The summed E-state index contributed by atoms with van der Waals surface area (Å²) >= 11 is 1.67. The maximum absolute atomic E-state index is 5.89. The van der Waals surface area contributed by atoms with E-state index in [1.807, 2.05) is 30.3 Å². The van der Waals surface area contributed by atoms with Crippen LogP contribution in [-0.2, 0) is 6.54 Å². The maximum Gasteiger partial charge on any atom is 0.163 e. The highest BCUT2D eigenvalue weighted by atomic mass is 32.1. The molecule has 3 nitrogen and oxygen atoms in total. The SMILES string of the molecule is CC(C)CCNCc1ccc(-c2nc3ccccc3s2)o1. The van der Waals surface area contributed by atoms with Gasteiger partial charge >= 0.3 is 0 Å². The van der Waals surface area contributed by atoms with Crippen LogP contribution < -0.4 is 5.32 Å². The Morgan fingerprint density at radius 1 is 1.19 bits per heavy atom. The third-order valence-electron chi connectivity index (χ3n) is 3.36. The molecule has 0 atom stereocenters. The first-order chi connectivity index (χ1) is 10.2. The highest BCUT2D eigenvalue weighted by Gasteiger charge is 2.10. The maximum atomic E-state index is 5.89. The van der Waals surface area contributed by atoms with Crippen molar-refractivity contribution in [3.63, 3.8) is 0 Å². The number of nitrogens with one attached hydrogen (secondary N) is 1. The lowest BCUT2D eigenvalue weighted by molar-refractivity contribution is 0.474. The molecular formula is C17H20N2OS. The standard InChI is InChI=1S/C17H20N2OS/c1-12(2)9-10-18-11-13-7-8-15(20-13)17-19-14-5-3-4-6-16(14)21-17/h3-8,12,18H,9-11H2,1-2H3. The van der Waals surface area contributed by atoms with Gasteiger partial charge in [0.1, 0.15) is 5.76 Å². The van der Waals surface area contributed by atoms with Crippen molar-refractivity contribution in [1.82, 2.24) is 10.3 Å². The van der Waals surface area contributed by atoms with E-state index >= 15 is 0 Å². The fourth-order valence-electron chi connectivity index (χ4n) is 2.17. The second kappa shape index (κ2) is 6.41. The number of hydrogen-bond acceptors (Lipinski definition) is 4. The van der Waals surface area contributed by atoms with E-state index in [1.54, 1.807) is 11.3 Å². The Balaban J connectivity index is 1.66. The average Bonchev–Trinajstić information content (AvgIpc) is 3.09. The molecule has 1 aromatic carbocycles. The van der Waals surface area contributed by atoms with E-state index in [2.05, 4.69) is 30.2 Å². The molecule has 0 saturated heterocycles. The van der Waals surface area contributed by atoms with Crippen molar-refractivity contribution in [3.8, 4) is 10.8 Å². The quantitative estimate of drug-likeness (QED) is 0.671. The number of thiazole rings is 1. The zero-order valence-corrected chi connectivity index (χ0v) is 13.2. The van der Waals surface area contributed by atoms with Gasteiger partial charge in [-0.1, -0.05) is 26.0 Å². The average molecular weight is 300 g/mol. The zero-order chi connectivity index (χ0) is 14.7. The van der Waals surface area contributed by atoms with Crippen LogP contribution in [0.3, 0.4) is 0 Å². The van der Waals surface area contributed by atoms with E-state index in [0.29, 0.717) is 0 Å². The van der Waals surface area contributed by atoms with E-state index in [1.165, 1.54) is 11.1 Å². The van der Waals surface area contributed by atoms with Crippen LogP contribution in [0.15, 0.2) is 40.8 Å². The molecule has 110 valence electrons. The molecule has 3 rings (SSSR count). The highest BCUT2D eigenvalue weighted by Crippen LogP contribution is 2.30. The lowest BCUT2D eigenvalue weighted by atomic mass is 10.1. The van der Waals surface area contributed by atoms with Gasteiger partial charge in [-0.3, -0.25) is 0 Å². The molecule has 21 heavy (non-hydrogen) atoms. The van der Waals surface area contributed by atoms with Crippen LogP contribution in [0.5, 0.6) is 0 Å². The molecule has 3 aromatic rings. The van der Waals surface area contributed by atoms with Crippen LogP contribution in [0.4, 0.5) is 0 Å². The summed E-state index contributed by atoms with van der Waals surface area (Å²) < 4.78 is 7.09. The van der Waals surface area contributed by atoms with Crippen molar-refractivity contribution in [2.75, 3.05) is 6.54 Å². The highest BCUT2D eigenvalue weighted by molar-refractivity contribution is 7.21. The molecule has 0 saturated carbocycles. The fraction of sp³-hybridized carbons (Fsp3) is 0.353. The van der Waals surface area contributed by atoms with Gasteiger partial charge in [-0.15, -0.1) is 11.3 Å². The smallest absolute Gasteiger partial charge is 0.163 e. The molecule has 0 bridgehead atoms. The Labute approximate surface area is 129 Å². The normalized spacial score (nSPS) is 11.6. The number of nitrogens with zero attached hydrogens (tertiary/aromatic N) is 1. The zero-order valence-electron chi connectivity index (χ0n) is 12.4. The Morgan fingerprint density at radius 3 is 2.86 bits per heavy atom. The Morgan fingerprint density at radius 2 is 2.05 bits per heavy atom. The number of para-hydroxylation sites is 1. The van der Waals surface area contributed by atoms with Crippen molar-refractivity contribution in [3.05, 3.63) is 42.2 Å². The van der Waals surface area contributed by atoms with Gasteiger partial charge in [0.2, 0.25) is 0 Å². The molecule has 0 aliphatic carbocycles. The number of benzene rings is 1. The summed E-state index contributed by atoms with van der Waals surface area (Å²) in [5, 5.41) is 4.36. The van der Waals surface area contributed by atoms with Crippen LogP contribution in [0.1, 0.15) is 26.0 Å². The van der Waals surface area contributed by atoms with Crippen LogP contribution >= 0.6 is 11.3 Å². The van der Waals surface area contributed by atoms with Crippen molar-refractivity contribution in [1.29, 1.82) is 0 Å². The monoisotopic (exact) mass is 300 g/mol. The van der Waals surface area contributed by atoms with Gasteiger partial charge in [0.25, 0.3) is 0 Å². The second-order valence-corrected chi connectivity index (χ2v) is 6.64. The lowest BCUT2D eigenvalue weighted by Gasteiger charge is -2.04. The van der Waals surface area contributed by atoms with Crippen LogP contribution in [-0.4, -0.2) is 11.5 Å².